The zero-order chi connectivity index (χ0) is 31.3. The number of aliphatic hydroxyl groups is 2. The van der Waals surface area contributed by atoms with Crippen LogP contribution >= 0.6 is 0 Å². The van der Waals surface area contributed by atoms with E-state index < -0.39 is 6.29 Å². The molecule has 0 spiro atoms. The number of ether oxygens (including phenoxy) is 2. The molecular weight excluding hydrogens is 568 g/mol. The third kappa shape index (κ3) is 7.22. The lowest BCUT2D eigenvalue weighted by Crippen LogP contribution is -2.44. The average molecular weight is 607 g/mol. The molecule has 4 aromatic carbocycles. The Hall–Kier alpha value is -4.18. The molecule has 0 bridgehead atoms. The maximum Gasteiger partial charge on any atom is 0.255 e. The number of carbonyl (C=O) groups is 2. The van der Waals surface area contributed by atoms with Gasteiger partial charge in [-0.25, -0.2) is 0 Å². The van der Waals surface area contributed by atoms with Crippen molar-refractivity contribution in [3.63, 3.8) is 0 Å². The van der Waals surface area contributed by atoms with Gasteiger partial charge in [0.1, 0.15) is 0 Å². The Bertz CT molecular complexity index is 1630. The van der Waals surface area contributed by atoms with Crippen LogP contribution in [0, 0.1) is 0 Å². The summed E-state index contributed by atoms with van der Waals surface area (Å²) in [5, 5.41) is 22.8. The van der Waals surface area contributed by atoms with Gasteiger partial charge in [-0.3, -0.25) is 14.5 Å². The zero-order valence-electron chi connectivity index (χ0n) is 25.2. The second-order valence-electron chi connectivity index (χ2n) is 11.8. The van der Waals surface area contributed by atoms with Crippen molar-refractivity contribution in [1.29, 1.82) is 0 Å². The molecular formula is C37H38N2O6. The van der Waals surface area contributed by atoms with E-state index in [0.29, 0.717) is 35.5 Å². The molecule has 8 heteroatoms. The van der Waals surface area contributed by atoms with Crippen molar-refractivity contribution in [2.75, 3.05) is 25.0 Å². The number of β-amino-alcohol motifs (C(OH)–C–C–N with tert-alkyl or cyclic N) is 1. The number of hydrogen-bond acceptors (Lipinski definition) is 7. The molecule has 0 aliphatic carbocycles. The van der Waals surface area contributed by atoms with Crippen LogP contribution in [0.3, 0.4) is 0 Å². The number of anilines is 1. The molecule has 6 rings (SSSR count). The van der Waals surface area contributed by atoms with E-state index in [1.54, 1.807) is 36.4 Å². The maximum atomic E-state index is 13.3. The first-order valence-electron chi connectivity index (χ1n) is 15.4. The summed E-state index contributed by atoms with van der Waals surface area (Å²) in [6.07, 6.45) is -1.07. The molecule has 2 heterocycles. The van der Waals surface area contributed by atoms with Gasteiger partial charge >= 0.3 is 0 Å². The van der Waals surface area contributed by atoms with Gasteiger partial charge in [0.25, 0.3) is 5.91 Å². The van der Waals surface area contributed by atoms with Crippen LogP contribution in [0.25, 0.3) is 0 Å². The van der Waals surface area contributed by atoms with E-state index in [0.717, 1.165) is 29.7 Å². The Morgan fingerprint density at radius 2 is 1.58 bits per heavy atom. The summed E-state index contributed by atoms with van der Waals surface area (Å²) in [5.41, 5.74) is 5.05. The fourth-order valence-corrected chi connectivity index (χ4v) is 6.24. The number of ketones is 1. The van der Waals surface area contributed by atoms with Gasteiger partial charge in [-0.1, -0.05) is 78.9 Å². The molecule has 0 saturated carbocycles. The van der Waals surface area contributed by atoms with Crippen LogP contribution in [0.5, 0.6) is 0 Å². The van der Waals surface area contributed by atoms with Crippen molar-refractivity contribution in [1.82, 2.24) is 4.90 Å². The topological polar surface area (TPSA) is 108 Å². The third-order valence-corrected chi connectivity index (χ3v) is 8.60. The van der Waals surface area contributed by atoms with Gasteiger partial charge in [-0.15, -0.1) is 0 Å². The molecule has 0 aromatic heterocycles. The van der Waals surface area contributed by atoms with Gasteiger partial charge in [-0.05, 0) is 54.3 Å². The van der Waals surface area contributed by atoms with Gasteiger partial charge < -0.3 is 25.0 Å². The number of hydrogen-bond donors (Lipinski definition) is 3. The van der Waals surface area contributed by atoms with Crippen molar-refractivity contribution in [3.05, 3.63) is 137 Å². The number of likely N-dealkylation sites (tertiary alicyclic amines) is 1. The highest BCUT2D eigenvalue weighted by Crippen LogP contribution is 2.47. The Balaban J connectivity index is 1.33. The molecule has 8 nitrogen and oxygen atoms in total. The lowest BCUT2D eigenvalue weighted by Gasteiger charge is -2.44. The van der Waals surface area contributed by atoms with Gasteiger partial charge in [0.15, 0.2) is 12.1 Å². The fraction of sp³-hybridized carbons (Fsp3) is 0.297. The Kier molecular flexibility index (Phi) is 9.49. The van der Waals surface area contributed by atoms with E-state index in [1.807, 2.05) is 54.6 Å². The second-order valence-corrected chi connectivity index (χ2v) is 11.8. The molecule has 2 aliphatic heterocycles. The highest BCUT2D eigenvalue weighted by molar-refractivity contribution is 6.05. The molecule has 2 saturated heterocycles. The number of nitrogens with one attached hydrogen (secondary N) is 1. The molecule has 3 N–H and O–H groups in total. The van der Waals surface area contributed by atoms with Crippen molar-refractivity contribution in [2.24, 2.45) is 0 Å². The minimum Gasteiger partial charge on any atom is -0.392 e. The van der Waals surface area contributed by atoms with Crippen LogP contribution in [0.15, 0.2) is 103 Å². The maximum absolute atomic E-state index is 13.3. The predicted octanol–water partition coefficient (Wildman–Crippen LogP) is 5.64. The third-order valence-electron chi connectivity index (χ3n) is 8.60. The Morgan fingerprint density at radius 1 is 0.844 bits per heavy atom. The van der Waals surface area contributed by atoms with Gasteiger partial charge in [0.2, 0.25) is 0 Å². The SMILES string of the molecule is CC(=O)c1cccc(NC(=O)c2cccc(C3O[C@H](CN4CC[C@@H](O)C4)[C@@H](c4ccccc4)[C@H](c4ccc(CO)cc4)O3)c2)c1. The quantitative estimate of drug-likeness (QED) is 0.212. The largest absolute Gasteiger partial charge is 0.392 e. The number of Topliss-reactive ketones (excluding diaryl/α,β-unsaturated/α-hetero) is 1. The highest BCUT2D eigenvalue weighted by atomic mass is 16.7. The summed E-state index contributed by atoms with van der Waals surface area (Å²) >= 11 is 0. The number of benzene rings is 4. The van der Waals surface area contributed by atoms with Crippen LogP contribution in [-0.2, 0) is 16.1 Å². The summed E-state index contributed by atoms with van der Waals surface area (Å²) in [5.74, 6) is -0.540. The molecule has 4 aromatic rings. The lowest BCUT2D eigenvalue weighted by atomic mass is 9.83. The summed E-state index contributed by atoms with van der Waals surface area (Å²) in [6, 6.07) is 32.1. The van der Waals surface area contributed by atoms with Gasteiger partial charge in [-0.2, -0.15) is 0 Å². The van der Waals surface area contributed by atoms with Crippen LogP contribution in [0.2, 0.25) is 0 Å². The smallest absolute Gasteiger partial charge is 0.255 e. The molecule has 232 valence electrons. The standard InChI is InChI=1S/C37H38N2O6/c1-24(41)28-9-6-12-31(20-28)38-36(43)29-10-5-11-30(19-29)37-44-33(22-39-18-17-32(42)21-39)34(26-7-3-2-4-8-26)35(45-37)27-15-13-25(23-40)14-16-27/h2-16,19-20,32-35,37,40,42H,17-18,21-23H2,1H3,(H,38,43)/t32-,33-,34-,35+,37?/m1/s1. The summed E-state index contributed by atoms with van der Waals surface area (Å²) in [7, 11) is 0. The second kappa shape index (κ2) is 13.9. The van der Waals surface area contributed by atoms with E-state index in [1.165, 1.54) is 6.92 Å². The highest BCUT2D eigenvalue weighted by Gasteiger charge is 2.43. The fourth-order valence-electron chi connectivity index (χ4n) is 6.24. The van der Waals surface area contributed by atoms with Crippen molar-refractivity contribution >= 4 is 17.4 Å². The molecule has 1 unspecified atom stereocenters. The van der Waals surface area contributed by atoms with E-state index in [-0.39, 0.29) is 42.5 Å². The van der Waals surface area contributed by atoms with Crippen LogP contribution < -0.4 is 5.32 Å². The van der Waals surface area contributed by atoms with Crippen LogP contribution in [0.1, 0.15) is 74.6 Å². The van der Waals surface area contributed by atoms with E-state index in [4.69, 9.17) is 9.47 Å². The Morgan fingerprint density at radius 3 is 2.29 bits per heavy atom. The van der Waals surface area contributed by atoms with Crippen molar-refractivity contribution < 1.29 is 29.3 Å². The number of carbonyl (C=O) groups excluding carboxylic acids is 2. The first kappa shape index (κ1) is 30.8. The van der Waals surface area contributed by atoms with Crippen molar-refractivity contribution in [2.45, 2.75) is 50.5 Å². The number of amides is 1. The molecule has 0 radical (unpaired) electrons. The van der Waals surface area contributed by atoms with E-state index in [2.05, 4.69) is 22.3 Å². The molecule has 5 atom stereocenters. The van der Waals surface area contributed by atoms with Crippen LogP contribution in [-0.4, -0.2) is 58.6 Å². The molecule has 45 heavy (non-hydrogen) atoms. The van der Waals surface area contributed by atoms with E-state index >= 15 is 0 Å². The molecule has 1 amide bonds. The normalized spacial score (nSPS) is 23.5. The van der Waals surface area contributed by atoms with Gasteiger partial charge in [0.05, 0.1) is 24.9 Å². The minimum absolute atomic E-state index is 0.0481. The zero-order valence-corrected chi connectivity index (χ0v) is 25.2. The predicted molar refractivity (Wildman–Crippen MR) is 171 cm³/mol. The average Bonchev–Trinajstić information content (AvgIpc) is 3.49. The summed E-state index contributed by atoms with van der Waals surface area (Å²) in [6.45, 7) is 3.42. The van der Waals surface area contributed by atoms with Crippen molar-refractivity contribution in [3.8, 4) is 0 Å². The van der Waals surface area contributed by atoms with E-state index in [9.17, 15) is 19.8 Å². The summed E-state index contributed by atoms with van der Waals surface area (Å²) < 4.78 is 13.6. The number of aliphatic hydroxyl groups excluding tert-OH is 2. The molecule has 2 aliphatic rings. The first-order valence-corrected chi connectivity index (χ1v) is 15.4. The lowest BCUT2D eigenvalue weighted by molar-refractivity contribution is -0.263. The number of rotatable bonds is 9. The Labute approximate surface area is 263 Å². The minimum atomic E-state index is -0.765. The monoisotopic (exact) mass is 606 g/mol. The molecule has 2 fully saturated rings. The van der Waals surface area contributed by atoms with Crippen LogP contribution in [0.4, 0.5) is 5.69 Å². The first-order chi connectivity index (χ1) is 21.9. The van der Waals surface area contributed by atoms with Gasteiger partial charge in [0, 0.05) is 47.9 Å². The number of nitrogens with zero attached hydrogens (tertiary/aromatic N) is 1. The summed E-state index contributed by atoms with van der Waals surface area (Å²) in [4.78, 5) is 27.4.